The summed E-state index contributed by atoms with van der Waals surface area (Å²) in [7, 11) is -3.24. The molecule has 6 nitrogen and oxygen atoms in total. The van der Waals surface area contributed by atoms with Crippen LogP contribution in [0.4, 0.5) is 0 Å². The van der Waals surface area contributed by atoms with E-state index in [0.717, 1.165) is 17.5 Å². The second-order valence-electron chi connectivity index (χ2n) is 6.33. The van der Waals surface area contributed by atoms with Crippen LogP contribution in [0.1, 0.15) is 34.6 Å². The summed E-state index contributed by atoms with van der Waals surface area (Å²) in [5.41, 5.74) is 3.88. The van der Waals surface area contributed by atoms with Crippen LogP contribution in [0.5, 0.6) is 5.75 Å². The van der Waals surface area contributed by atoms with Gasteiger partial charge in [-0.05, 0) is 42.8 Å². The Morgan fingerprint density at radius 2 is 1.96 bits per heavy atom. The van der Waals surface area contributed by atoms with Gasteiger partial charge in [0, 0.05) is 17.2 Å². The fourth-order valence-electron chi connectivity index (χ4n) is 2.56. The molecular formula is C20H20N2O4S2. The second-order valence-corrected chi connectivity index (χ2v) is 9.07. The van der Waals surface area contributed by atoms with Crippen LogP contribution in [0.25, 0.3) is 0 Å². The zero-order valence-corrected chi connectivity index (χ0v) is 17.1. The van der Waals surface area contributed by atoms with Crippen molar-refractivity contribution < 1.29 is 17.9 Å². The average Bonchev–Trinajstić information content (AvgIpc) is 3.19. The van der Waals surface area contributed by atoms with Crippen molar-refractivity contribution in [3.8, 4) is 5.75 Å². The maximum atomic E-state index is 12.6. The fraction of sp³-hybridized carbons (Fsp3) is 0.200. The minimum Gasteiger partial charge on any atom is -0.487 e. The Balaban J connectivity index is 1.64. The average molecular weight is 417 g/mol. The van der Waals surface area contributed by atoms with E-state index in [-0.39, 0.29) is 16.8 Å². The van der Waals surface area contributed by atoms with Crippen LogP contribution in [-0.2, 0) is 16.4 Å². The molecule has 146 valence electrons. The number of nitrogens with one attached hydrogen (secondary N) is 1. The molecule has 2 aromatic carbocycles. The summed E-state index contributed by atoms with van der Waals surface area (Å²) in [6, 6.07) is 13.2. The summed E-state index contributed by atoms with van der Waals surface area (Å²) < 4.78 is 28.8. The fourth-order valence-corrected chi connectivity index (χ4v) is 3.73. The van der Waals surface area contributed by atoms with Gasteiger partial charge in [0.05, 0.1) is 22.1 Å². The van der Waals surface area contributed by atoms with Crippen molar-refractivity contribution in [2.45, 2.75) is 24.5 Å². The van der Waals surface area contributed by atoms with Gasteiger partial charge in [-0.2, -0.15) is 0 Å². The first-order valence-electron chi connectivity index (χ1n) is 8.54. The largest absolute Gasteiger partial charge is 0.487 e. The van der Waals surface area contributed by atoms with Crippen molar-refractivity contribution in [3.05, 3.63) is 76.2 Å². The summed E-state index contributed by atoms with van der Waals surface area (Å²) in [5, 5.41) is 4.82. The lowest BCUT2D eigenvalue weighted by Gasteiger charge is -2.15. The summed E-state index contributed by atoms with van der Waals surface area (Å²) in [6.45, 7) is 2.19. The molecule has 0 bridgehead atoms. The molecule has 0 radical (unpaired) electrons. The van der Waals surface area contributed by atoms with Crippen LogP contribution < -0.4 is 10.1 Å². The van der Waals surface area contributed by atoms with Crippen molar-refractivity contribution in [2.24, 2.45) is 0 Å². The Labute approximate surface area is 168 Å². The smallest absolute Gasteiger partial charge is 0.251 e. The van der Waals surface area contributed by atoms with Gasteiger partial charge < -0.3 is 10.1 Å². The molecule has 28 heavy (non-hydrogen) atoms. The molecule has 1 unspecified atom stereocenters. The van der Waals surface area contributed by atoms with Gasteiger partial charge in [0.2, 0.25) is 0 Å². The minimum absolute atomic E-state index is 0.237. The second kappa shape index (κ2) is 8.53. The molecule has 0 aliphatic heterocycles. The van der Waals surface area contributed by atoms with E-state index in [2.05, 4.69) is 10.3 Å². The number of nitrogens with zero attached hydrogens (tertiary/aromatic N) is 1. The van der Waals surface area contributed by atoms with Crippen LogP contribution >= 0.6 is 11.3 Å². The van der Waals surface area contributed by atoms with Crippen molar-refractivity contribution >= 4 is 27.1 Å². The molecule has 1 heterocycles. The predicted octanol–water partition coefficient (Wildman–Crippen LogP) is 3.62. The number of benzene rings is 2. The Kier molecular flexibility index (Phi) is 6.11. The highest BCUT2D eigenvalue weighted by atomic mass is 32.2. The topological polar surface area (TPSA) is 85.4 Å². The third-order valence-corrected chi connectivity index (χ3v) is 5.89. The normalized spacial score (nSPS) is 12.4. The van der Waals surface area contributed by atoms with Gasteiger partial charge in [0.25, 0.3) is 5.91 Å². The number of ether oxygens (including phenoxy) is 1. The lowest BCUT2D eigenvalue weighted by Crippen LogP contribution is -2.26. The molecule has 0 saturated carbocycles. The molecule has 1 amide bonds. The number of hydrogen-bond acceptors (Lipinski definition) is 6. The third-order valence-electron chi connectivity index (χ3n) is 4.12. The van der Waals surface area contributed by atoms with Gasteiger partial charge in [-0.1, -0.05) is 18.2 Å². The number of hydrogen-bond donors (Lipinski definition) is 1. The van der Waals surface area contributed by atoms with Crippen LogP contribution in [0, 0.1) is 0 Å². The van der Waals surface area contributed by atoms with E-state index in [1.54, 1.807) is 54.0 Å². The molecule has 3 aromatic rings. The van der Waals surface area contributed by atoms with Crippen molar-refractivity contribution in [1.82, 2.24) is 10.3 Å². The first-order valence-corrected chi connectivity index (χ1v) is 11.4. The monoisotopic (exact) mass is 416 g/mol. The molecule has 0 fully saturated rings. The summed E-state index contributed by atoms with van der Waals surface area (Å²) in [5.74, 6) is 0.351. The number of sulfone groups is 1. The molecule has 8 heteroatoms. The van der Waals surface area contributed by atoms with E-state index in [1.807, 2.05) is 12.3 Å². The van der Waals surface area contributed by atoms with Gasteiger partial charge >= 0.3 is 0 Å². The van der Waals surface area contributed by atoms with Gasteiger partial charge in [-0.3, -0.25) is 4.79 Å². The van der Waals surface area contributed by atoms with E-state index >= 15 is 0 Å². The van der Waals surface area contributed by atoms with E-state index in [9.17, 15) is 13.2 Å². The molecule has 1 atom stereocenters. The number of aromatic nitrogens is 1. The molecule has 1 aromatic heterocycles. The van der Waals surface area contributed by atoms with Crippen molar-refractivity contribution in [1.29, 1.82) is 0 Å². The predicted molar refractivity (Wildman–Crippen MR) is 108 cm³/mol. The van der Waals surface area contributed by atoms with Crippen LogP contribution in [0.15, 0.2) is 64.3 Å². The minimum atomic E-state index is -3.24. The standard InChI is InChI=1S/C20H20N2O4S2/c1-14(15-6-8-19(9-7-15)28(2,24)25)22-20(23)16-4-3-5-18(10-16)26-11-17-12-27-13-21-17/h3-10,12-14H,11H2,1-2H3,(H,22,23). The Hall–Kier alpha value is -2.71. The van der Waals surface area contributed by atoms with Crippen molar-refractivity contribution in [3.63, 3.8) is 0 Å². The third kappa shape index (κ3) is 5.17. The number of carbonyl (C=O) groups excluding carboxylic acids is 1. The lowest BCUT2D eigenvalue weighted by molar-refractivity contribution is 0.0939. The van der Waals surface area contributed by atoms with E-state index in [0.29, 0.717) is 17.9 Å². The number of carbonyl (C=O) groups is 1. The van der Waals surface area contributed by atoms with E-state index in [4.69, 9.17) is 4.74 Å². The molecule has 1 N–H and O–H groups in total. The van der Waals surface area contributed by atoms with Crippen molar-refractivity contribution in [2.75, 3.05) is 6.26 Å². The first kappa shape index (κ1) is 20.0. The first-order chi connectivity index (χ1) is 13.3. The maximum Gasteiger partial charge on any atom is 0.251 e. The summed E-state index contributed by atoms with van der Waals surface area (Å²) in [6.07, 6.45) is 1.16. The van der Waals surface area contributed by atoms with E-state index in [1.165, 1.54) is 11.3 Å². The summed E-state index contributed by atoms with van der Waals surface area (Å²) in [4.78, 5) is 17.0. The van der Waals surface area contributed by atoms with Gasteiger partial charge in [0.15, 0.2) is 9.84 Å². The summed E-state index contributed by atoms with van der Waals surface area (Å²) >= 11 is 1.50. The maximum absolute atomic E-state index is 12.6. The van der Waals surface area contributed by atoms with Crippen LogP contribution in [0.3, 0.4) is 0 Å². The molecule has 0 saturated heterocycles. The molecular weight excluding hydrogens is 396 g/mol. The molecule has 3 rings (SSSR count). The number of rotatable bonds is 7. The highest BCUT2D eigenvalue weighted by molar-refractivity contribution is 7.90. The Bertz CT molecular complexity index is 1050. The van der Waals surface area contributed by atoms with Crippen LogP contribution in [0.2, 0.25) is 0 Å². The Morgan fingerprint density at radius 1 is 1.21 bits per heavy atom. The molecule has 0 aliphatic rings. The molecule has 0 spiro atoms. The number of thiazole rings is 1. The van der Waals surface area contributed by atoms with E-state index < -0.39 is 9.84 Å². The Morgan fingerprint density at radius 3 is 2.61 bits per heavy atom. The quantitative estimate of drug-likeness (QED) is 0.636. The highest BCUT2D eigenvalue weighted by Crippen LogP contribution is 2.19. The van der Waals surface area contributed by atoms with Gasteiger partial charge in [0.1, 0.15) is 12.4 Å². The SMILES string of the molecule is CC(NC(=O)c1cccc(OCc2cscn2)c1)c1ccc(S(C)(=O)=O)cc1. The zero-order chi connectivity index (χ0) is 20.1. The molecule has 0 aliphatic carbocycles. The highest BCUT2D eigenvalue weighted by Gasteiger charge is 2.14. The lowest BCUT2D eigenvalue weighted by atomic mass is 10.1. The van der Waals surface area contributed by atoms with Gasteiger partial charge in [-0.15, -0.1) is 11.3 Å². The van der Waals surface area contributed by atoms with Gasteiger partial charge in [-0.25, -0.2) is 13.4 Å². The zero-order valence-electron chi connectivity index (χ0n) is 15.5. The van der Waals surface area contributed by atoms with Crippen LogP contribution in [-0.4, -0.2) is 25.6 Å². The number of amides is 1.